The number of halogens is 2. The van der Waals surface area contributed by atoms with Crippen LogP contribution in [0.3, 0.4) is 0 Å². The third-order valence-electron chi connectivity index (χ3n) is 3.99. The van der Waals surface area contributed by atoms with Crippen molar-refractivity contribution in [2.24, 2.45) is 5.92 Å². The Morgan fingerprint density at radius 3 is 2.48 bits per heavy atom. The van der Waals surface area contributed by atoms with E-state index in [-0.39, 0.29) is 24.1 Å². The number of hydrogen-bond donors (Lipinski definition) is 1. The minimum Gasteiger partial charge on any atom is -0.343 e. The Labute approximate surface area is 132 Å². The summed E-state index contributed by atoms with van der Waals surface area (Å²) in [5.74, 6) is 0.673. The highest BCUT2D eigenvalue weighted by Crippen LogP contribution is 2.22. The molecule has 0 atom stereocenters. The normalized spacial score (nSPS) is 15.6. The van der Waals surface area contributed by atoms with E-state index in [1.165, 1.54) is 17.7 Å². The smallest absolute Gasteiger partial charge is 0.223 e. The predicted octanol–water partition coefficient (Wildman–Crippen LogP) is 2.64. The van der Waals surface area contributed by atoms with E-state index in [0.29, 0.717) is 12.3 Å². The van der Waals surface area contributed by atoms with Crippen molar-refractivity contribution in [3.05, 3.63) is 35.6 Å². The van der Waals surface area contributed by atoms with Crippen LogP contribution in [0.5, 0.6) is 0 Å². The largest absolute Gasteiger partial charge is 0.343 e. The van der Waals surface area contributed by atoms with Crippen LogP contribution >= 0.6 is 12.4 Å². The van der Waals surface area contributed by atoms with Crippen LogP contribution in [0.2, 0.25) is 0 Å². The predicted molar refractivity (Wildman–Crippen MR) is 85.2 cm³/mol. The molecule has 118 valence electrons. The molecule has 0 unspecified atom stereocenters. The quantitative estimate of drug-likeness (QED) is 0.906. The molecule has 1 saturated heterocycles. The van der Waals surface area contributed by atoms with Crippen molar-refractivity contribution in [2.45, 2.75) is 25.7 Å². The van der Waals surface area contributed by atoms with Gasteiger partial charge in [0.1, 0.15) is 5.82 Å². The molecule has 1 aromatic rings. The SMILES string of the molecule is CNCCC(=O)N1CCC(Cc2ccc(F)cc2)CC1.Cl. The number of carbonyl (C=O) groups is 1. The number of nitrogens with zero attached hydrogens (tertiary/aromatic N) is 1. The highest BCUT2D eigenvalue weighted by molar-refractivity contribution is 5.85. The molecule has 5 heteroatoms. The van der Waals surface area contributed by atoms with E-state index in [0.717, 1.165) is 38.9 Å². The second kappa shape index (κ2) is 9.00. The van der Waals surface area contributed by atoms with Gasteiger partial charge in [0.2, 0.25) is 5.91 Å². The Balaban J connectivity index is 0.00000220. The van der Waals surface area contributed by atoms with Gasteiger partial charge in [0.05, 0.1) is 0 Å². The fourth-order valence-electron chi connectivity index (χ4n) is 2.73. The van der Waals surface area contributed by atoms with Crippen molar-refractivity contribution in [1.82, 2.24) is 10.2 Å². The van der Waals surface area contributed by atoms with Gasteiger partial charge in [-0.1, -0.05) is 12.1 Å². The maximum absolute atomic E-state index is 12.9. The van der Waals surface area contributed by atoms with Gasteiger partial charge in [-0.25, -0.2) is 4.39 Å². The summed E-state index contributed by atoms with van der Waals surface area (Å²) in [5, 5.41) is 3.01. The topological polar surface area (TPSA) is 32.3 Å². The Morgan fingerprint density at radius 2 is 1.90 bits per heavy atom. The fraction of sp³-hybridized carbons (Fsp3) is 0.562. The molecule has 1 aromatic carbocycles. The first-order valence-corrected chi connectivity index (χ1v) is 7.36. The number of piperidine rings is 1. The number of benzene rings is 1. The number of carbonyl (C=O) groups excluding carboxylic acids is 1. The second-order valence-corrected chi connectivity index (χ2v) is 5.51. The summed E-state index contributed by atoms with van der Waals surface area (Å²) in [5.41, 5.74) is 1.19. The van der Waals surface area contributed by atoms with Gasteiger partial charge in [0, 0.05) is 26.1 Å². The lowest BCUT2D eigenvalue weighted by Crippen LogP contribution is -2.39. The first-order valence-electron chi connectivity index (χ1n) is 7.36. The summed E-state index contributed by atoms with van der Waals surface area (Å²) < 4.78 is 12.9. The lowest BCUT2D eigenvalue weighted by molar-refractivity contribution is -0.132. The second-order valence-electron chi connectivity index (χ2n) is 5.51. The molecule has 21 heavy (non-hydrogen) atoms. The van der Waals surface area contributed by atoms with Crippen LogP contribution in [0.1, 0.15) is 24.8 Å². The average Bonchev–Trinajstić information content (AvgIpc) is 2.48. The van der Waals surface area contributed by atoms with E-state index in [1.54, 1.807) is 0 Å². The van der Waals surface area contributed by atoms with Crippen LogP contribution < -0.4 is 5.32 Å². The van der Waals surface area contributed by atoms with Crippen molar-refractivity contribution < 1.29 is 9.18 Å². The first-order chi connectivity index (χ1) is 9.69. The summed E-state index contributed by atoms with van der Waals surface area (Å²) in [6.07, 6.45) is 3.66. The molecular formula is C16H24ClFN2O. The van der Waals surface area contributed by atoms with Crippen LogP contribution in [-0.2, 0) is 11.2 Å². The molecule has 1 amide bonds. The van der Waals surface area contributed by atoms with Gasteiger partial charge in [-0.3, -0.25) is 4.79 Å². The molecule has 0 radical (unpaired) electrons. The summed E-state index contributed by atoms with van der Waals surface area (Å²) in [7, 11) is 1.86. The van der Waals surface area contributed by atoms with Gasteiger partial charge in [-0.05, 0) is 49.9 Å². The summed E-state index contributed by atoms with van der Waals surface area (Å²) in [6, 6.07) is 6.76. The van der Waals surface area contributed by atoms with Gasteiger partial charge in [-0.15, -0.1) is 12.4 Å². The van der Waals surface area contributed by atoms with Crippen LogP contribution in [0.15, 0.2) is 24.3 Å². The molecular weight excluding hydrogens is 291 g/mol. The number of hydrogen-bond acceptors (Lipinski definition) is 2. The van der Waals surface area contributed by atoms with E-state index >= 15 is 0 Å². The Hall–Kier alpha value is -1.13. The number of nitrogens with one attached hydrogen (secondary N) is 1. The van der Waals surface area contributed by atoms with Gasteiger partial charge >= 0.3 is 0 Å². The van der Waals surface area contributed by atoms with Crippen LogP contribution in [0, 0.1) is 11.7 Å². The van der Waals surface area contributed by atoms with E-state index in [2.05, 4.69) is 5.32 Å². The number of likely N-dealkylation sites (tertiary alicyclic amines) is 1. The van der Waals surface area contributed by atoms with E-state index in [9.17, 15) is 9.18 Å². The van der Waals surface area contributed by atoms with Gasteiger partial charge in [0.25, 0.3) is 0 Å². The molecule has 3 nitrogen and oxygen atoms in total. The van der Waals surface area contributed by atoms with Crippen LogP contribution in [0.25, 0.3) is 0 Å². The zero-order valence-electron chi connectivity index (χ0n) is 12.5. The standard InChI is InChI=1S/C16H23FN2O.ClH/c1-18-9-6-16(20)19-10-7-14(8-11-19)12-13-2-4-15(17)5-3-13;/h2-5,14,18H,6-12H2,1H3;1H. The fourth-order valence-corrected chi connectivity index (χ4v) is 2.73. The lowest BCUT2D eigenvalue weighted by Gasteiger charge is -2.32. The molecule has 2 rings (SSSR count). The average molecular weight is 315 g/mol. The van der Waals surface area contributed by atoms with Crippen LogP contribution in [-0.4, -0.2) is 37.5 Å². The molecule has 0 saturated carbocycles. The molecule has 0 spiro atoms. The molecule has 0 bridgehead atoms. The molecule has 0 aliphatic carbocycles. The first kappa shape index (κ1) is 17.9. The zero-order valence-corrected chi connectivity index (χ0v) is 13.3. The van der Waals surface area contributed by atoms with Crippen molar-refractivity contribution in [3.63, 3.8) is 0 Å². The van der Waals surface area contributed by atoms with E-state index in [4.69, 9.17) is 0 Å². The van der Waals surface area contributed by atoms with Crippen LogP contribution in [0.4, 0.5) is 4.39 Å². The Kier molecular flexibility index (Phi) is 7.68. The molecule has 1 aliphatic heterocycles. The Morgan fingerprint density at radius 1 is 1.29 bits per heavy atom. The van der Waals surface area contributed by atoms with Gasteiger partial charge in [0.15, 0.2) is 0 Å². The van der Waals surface area contributed by atoms with Crippen molar-refractivity contribution >= 4 is 18.3 Å². The summed E-state index contributed by atoms with van der Waals surface area (Å²) >= 11 is 0. The molecule has 1 N–H and O–H groups in total. The molecule has 1 fully saturated rings. The van der Waals surface area contributed by atoms with E-state index in [1.807, 2.05) is 24.1 Å². The highest BCUT2D eigenvalue weighted by atomic mass is 35.5. The molecule has 1 aliphatic rings. The zero-order chi connectivity index (χ0) is 14.4. The summed E-state index contributed by atoms with van der Waals surface area (Å²) in [4.78, 5) is 13.9. The third-order valence-corrected chi connectivity index (χ3v) is 3.99. The maximum Gasteiger partial charge on any atom is 0.223 e. The third kappa shape index (κ3) is 5.64. The molecule has 1 heterocycles. The minimum absolute atomic E-state index is 0. The lowest BCUT2D eigenvalue weighted by atomic mass is 9.90. The number of amides is 1. The molecule has 0 aromatic heterocycles. The highest BCUT2D eigenvalue weighted by Gasteiger charge is 2.22. The summed E-state index contributed by atoms with van der Waals surface area (Å²) in [6.45, 7) is 2.46. The monoisotopic (exact) mass is 314 g/mol. The van der Waals surface area contributed by atoms with Crippen molar-refractivity contribution in [3.8, 4) is 0 Å². The van der Waals surface area contributed by atoms with Gasteiger partial charge < -0.3 is 10.2 Å². The minimum atomic E-state index is -0.182. The number of rotatable bonds is 5. The maximum atomic E-state index is 12.9. The van der Waals surface area contributed by atoms with Crippen molar-refractivity contribution in [1.29, 1.82) is 0 Å². The van der Waals surface area contributed by atoms with Crippen molar-refractivity contribution in [2.75, 3.05) is 26.7 Å². The van der Waals surface area contributed by atoms with Gasteiger partial charge in [-0.2, -0.15) is 0 Å². The van der Waals surface area contributed by atoms with E-state index < -0.39 is 0 Å². The Bertz CT molecular complexity index is 430.